The summed E-state index contributed by atoms with van der Waals surface area (Å²) in [6.45, 7) is 5.60. The zero-order valence-electron chi connectivity index (χ0n) is 15.2. The number of amides is 1. The number of nitrogens with one attached hydrogen (secondary N) is 1. The number of nitriles is 1. The highest BCUT2D eigenvalue weighted by atomic mass is 32.1. The normalized spacial score (nSPS) is 14.9. The molecule has 3 rings (SSSR count). The first-order valence-electron chi connectivity index (χ1n) is 9.04. The molecule has 0 saturated carbocycles. The number of carbonyl (C=O) groups excluding carboxylic acids is 1. The van der Waals surface area contributed by atoms with Gasteiger partial charge in [0.1, 0.15) is 11.6 Å². The molecule has 1 N–H and O–H groups in total. The molecule has 2 aromatic heterocycles. The first-order valence-corrected chi connectivity index (χ1v) is 9.98. The second-order valence-corrected chi connectivity index (χ2v) is 7.17. The Hall–Kier alpha value is -2.46. The van der Waals surface area contributed by atoms with Crippen molar-refractivity contribution in [2.24, 2.45) is 0 Å². The van der Waals surface area contributed by atoms with Crippen LogP contribution in [-0.4, -0.2) is 35.2 Å². The van der Waals surface area contributed by atoms with Crippen LogP contribution < -0.4 is 10.2 Å². The van der Waals surface area contributed by atoms with Crippen molar-refractivity contribution < 1.29 is 4.79 Å². The van der Waals surface area contributed by atoms with Crippen LogP contribution in [0.1, 0.15) is 53.9 Å². The molecular formula is C19H23N5OS. The minimum Gasteiger partial charge on any atom is -0.354 e. The van der Waals surface area contributed by atoms with Gasteiger partial charge >= 0.3 is 0 Å². The topological polar surface area (TPSA) is 81.9 Å². The van der Waals surface area contributed by atoms with Crippen molar-refractivity contribution in [2.75, 3.05) is 18.0 Å². The van der Waals surface area contributed by atoms with Crippen LogP contribution in [0.3, 0.4) is 0 Å². The van der Waals surface area contributed by atoms with Gasteiger partial charge in [-0.2, -0.15) is 21.7 Å². The zero-order valence-corrected chi connectivity index (χ0v) is 16.0. The number of rotatable bonds is 5. The standard InChI is InChI=1S/C19H23N5OS/c1-3-15-16(11-20)18(23-22-17(15)4-2)24-8-5-14(6-9-24)21-19(25)13-7-10-26-12-13/h7,10,12,14H,3-6,8-9H2,1-2H3,(H,21,25). The van der Waals surface area contributed by atoms with E-state index in [2.05, 4.69) is 26.5 Å². The van der Waals surface area contributed by atoms with Crippen LogP contribution >= 0.6 is 11.3 Å². The lowest BCUT2D eigenvalue weighted by molar-refractivity contribution is 0.0931. The Morgan fingerprint density at radius 1 is 1.35 bits per heavy atom. The molecule has 2 aromatic rings. The van der Waals surface area contributed by atoms with Crippen LogP contribution in [0, 0.1) is 11.3 Å². The summed E-state index contributed by atoms with van der Waals surface area (Å²) in [5.41, 5.74) is 3.29. The van der Waals surface area contributed by atoms with Gasteiger partial charge in [-0.15, -0.1) is 5.10 Å². The Kier molecular flexibility index (Phi) is 5.84. The van der Waals surface area contributed by atoms with E-state index in [1.54, 1.807) is 0 Å². The highest BCUT2D eigenvalue weighted by Crippen LogP contribution is 2.26. The maximum atomic E-state index is 12.2. The number of piperidine rings is 1. The Labute approximate surface area is 157 Å². The summed E-state index contributed by atoms with van der Waals surface area (Å²) in [6.07, 6.45) is 3.22. The molecule has 1 amide bonds. The molecule has 0 spiro atoms. The lowest BCUT2D eigenvalue weighted by Crippen LogP contribution is -2.45. The van der Waals surface area contributed by atoms with Gasteiger partial charge in [-0.05, 0) is 42.7 Å². The van der Waals surface area contributed by atoms with E-state index >= 15 is 0 Å². The Bertz CT molecular complexity index is 804. The van der Waals surface area contributed by atoms with E-state index in [0.717, 1.165) is 55.6 Å². The summed E-state index contributed by atoms with van der Waals surface area (Å²) in [6, 6.07) is 4.33. The molecule has 26 heavy (non-hydrogen) atoms. The average Bonchev–Trinajstić information content (AvgIpc) is 3.22. The fourth-order valence-electron chi connectivity index (χ4n) is 3.40. The van der Waals surface area contributed by atoms with Gasteiger partial charge in [-0.25, -0.2) is 0 Å². The number of hydrogen-bond donors (Lipinski definition) is 1. The van der Waals surface area contributed by atoms with Crippen molar-refractivity contribution in [3.05, 3.63) is 39.2 Å². The summed E-state index contributed by atoms with van der Waals surface area (Å²) >= 11 is 1.52. The van der Waals surface area contributed by atoms with Crippen molar-refractivity contribution in [3.8, 4) is 6.07 Å². The number of anilines is 1. The van der Waals surface area contributed by atoms with Crippen LogP contribution in [0.2, 0.25) is 0 Å². The highest BCUT2D eigenvalue weighted by molar-refractivity contribution is 7.08. The van der Waals surface area contributed by atoms with Gasteiger partial charge in [0.25, 0.3) is 5.91 Å². The second-order valence-electron chi connectivity index (χ2n) is 6.39. The number of aryl methyl sites for hydroxylation is 1. The van der Waals surface area contributed by atoms with E-state index in [1.165, 1.54) is 11.3 Å². The molecule has 1 saturated heterocycles. The van der Waals surface area contributed by atoms with Gasteiger partial charge in [0, 0.05) is 30.1 Å². The van der Waals surface area contributed by atoms with Crippen molar-refractivity contribution in [2.45, 2.75) is 45.6 Å². The van der Waals surface area contributed by atoms with Gasteiger partial charge in [-0.1, -0.05) is 13.8 Å². The Morgan fingerprint density at radius 3 is 2.69 bits per heavy atom. The van der Waals surface area contributed by atoms with E-state index in [9.17, 15) is 10.1 Å². The van der Waals surface area contributed by atoms with Crippen molar-refractivity contribution in [3.63, 3.8) is 0 Å². The monoisotopic (exact) mass is 369 g/mol. The number of aromatic nitrogens is 2. The van der Waals surface area contributed by atoms with Crippen molar-refractivity contribution >= 4 is 23.1 Å². The molecule has 1 aliphatic rings. The Morgan fingerprint density at radius 2 is 2.12 bits per heavy atom. The first kappa shape index (κ1) is 18.3. The quantitative estimate of drug-likeness (QED) is 0.876. The molecule has 0 atom stereocenters. The predicted octanol–water partition coefficient (Wildman–Crippen LogP) is 2.93. The van der Waals surface area contributed by atoms with E-state index in [4.69, 9.17) is 0 Å². The average molecular weight is 369 g/mol. The SMILES string of the molecule is CCc1nnc(N2CCC(NC(=O)c3ccsc3)CC2)c(C#N)c1CC. The van der Waals surface area contributed by atoms with Crippen LogP contribution in [0.15, 0.2) is 16.8 Å². The molecule has 0 radical (unpaired) electrons. The van der Waals surface area contributed by atoms with Gasteiger partial charge < -0.3 is 10.2 Å². The molecule has 7 heteroatoms. The lowest BCUT2D eigenvalue weighted by atomic mass is 10.0. The molecule has 1 aliphatic heterocycles. The molecule has 0 aliphatic carbocycles. The Balaban J connectivity index is 1.68. The summed E-state index contributed by atoms with van der Waals surface area (Å²) in [5.74, 6) is 0.673. The maximum absolute atomic E-state index is 12.2. The van der Waals surface area contributed by atoms with Crippen molar-refractivity contribution in [1.29, 1.82) is 5.26 Å². The first-order chi connectivity index (χ1) is 12.7. The van der Waals surface area contributed by atoms with Gasteiger partial charge in [-0.3, -0.25) is 4.79 Å². The maximum Gasteiger partial charge on any atom is 0.252 e. The fourth-order valence-corrected chi connectivity index (χ4v) is 4.04. The third kappa shape index (κ3) is 3.70. The van der Waals surface area contributed by atoms with Crippen LogP contribution in [0.5, 0.6) is 0 Å². The van der Waals surface area contributed by atoms with E-state index in [1.807, 2.05) is 30.7 Å². The largest absolute Gasteiger partial charge is 0.354 e. The molecular weight excluding hydrogens is 346 g/mol. The molecule has 6 nitrogen and oxygen atoms in total. The third-order valence-electron chi connectivity index (χ3n) is 4.85. The number of carbonyl (C=O) groups is 1. The van der Waals surface area contributed by atoms with E-state index in [-0.39, 0.29) is 11.9 Å². The number of hydrogen-bond acceptors (Lipinski definition) is 6. The molecule has 0 aromatic carbocycles. The molecule has 0 unspecified atom stereocenters. The minimum absolute atomic E-state index is 0.0113. The third-order valence-corrected chi connectivity index (χ3v) is 5.54. The summed E-state index contributed by atoms with van der Waals surface area (Å²) in [7, 11) is 0. The summed E-state index contributed by atoms with van der Waals surface area (Å²) in [4.78, 5) is 14.3. The minimum atomic E-state index is -0.0113. The molecule has 1 fully saturated rings. The van der Waals surface area contributed by atoms with Crippen LogP contribution in [-0.2, 0) is 12.8 Å². The fraction of sp³-hybridized carbons (Fsp3) is 0.474. The van der Waals surface area contributed by atoms with E-state index < -0.39 is 0 Å². The van der Waals surface area contributed by atoms with Crippen molar-refractivity contribution in [1.82, 2.24) is 15.5 Å². The van der Waals surface area contributed by atoms with Crippen LogP contribution in [0.4, 0.5) is 5.82 Å². The predicted molar refractivity (Wildman–Crippen MR) is 103 cm³/mol. The molecule has 3 heterocycles. The van der Waals surface area contributed by atoms with Gasteiger partial charge in [0.2, 0.25) is 0 Å². The van der Waals surface area contributed by atoms with Gasteiger partial charge in [0.05, 0.1) is 5.69 Å². The highest BCUT2D eigenvalue weighted by Gasteiger charge is 2.25. The lowest BCUT2D eigenvalue weighted by Gasteiger charge is -2.33. The molecule has 136 valence electrons. The van der Waals surface area contributed by atoms with Crippen LogP contribution in [0.25, 0.3) is 0 Å². The number of thiophene rings is 1. The zero-order chi connectivity index (χ0) is 18.5. The smallest absolute Gasteiger partial charge is 0.252 e. The second kappa shape index (κ2) is 8.28. The summed E-state index contributed by atoms with van der Waals surface area (Å²) < 4.78 is 0. The summed E-state index contributed by atoms with van der Waals surface area (Å²) in [5, 5.41) is 25.2. The van der Waals surface area contributed by atoms with E-state index in [0.29, 0.717) is 11.4 Å². The number of nitrogens with zero attached hydrogens (tertiary/aromatic N) is 4. The van der Waals surface area contributed by atoms with Gasteiger partial charge in [0.15, 0.2) is 5.82 Å². The molecule has 0 bridgehead atoms.